The van der Waals surface area contributed by atoms with Gasteiger partial charge in [-0.25, -0.2) is 4.79 Å². The molecule has 11 heteroatoms. The van der Waals surface area contributed by atoms with Gasteiger partial charge in [-0.2, -0.15) is 13.2 Å². The molecule has 0 bridgehead atoms. The molecule has 6 rings (SSSR count). The van der Waals surface area contributed by atoms with Crippen molar-refractivity contribution in [3.63, 3.8) is 0 Å². The lowest BCUT2D eigenvalue weighted by Gasteiger charge is -2.14. The number of hydrogen-bond donors (Lipinski definition) is 5. The molecule has 0 aliphatic carbocycles. The maximum Gasteiger partial charge on any atom is 0.490 e. The van der Waals surface area contributed by atoms with E-state index in [9.17, 15) is 13.2 Å². The highest BCUT2D eigenvalue weighted by Crippen LogP contribution is 2.22. The van der Waals surface area contributed by atoms with Crippen LogP contribution in [0.1, 0.15) is 35.4 Å². The third kappa shape index (κ3) is 6.42. The first kappa shape index (κ1) is 26.3. The van der Waals surface area contributed by atoms with Crippen LogP contribution in [0.4, 0.5) is 13.2 Å². The number of amidine groups is 2. The van der Waals surface area contributed by atoms with Gasteiger partial charge in [-0.3, -0.25) is 9.98 Å². The monoisotopic (exact) mass is 538 g/mol. The molecule has 4 aromatic rings. The molecule has 2 aromatic carbocycles. The Morgan fingerprint density at radius 2 is 1.21 bits per heavy atom. The highest BCUT2D eigenvalue weighted by atomic mass is 19.4. The minimum atomic E-state index is -5.08. The van der Waals surface area contributed by atoms with Crippen LogP contribution in [0.25, 0.3) is 21.8 Å². The molecular weight excluding hydrogens is 509 g/mol. The first-order valence-electron chi connectivity index (χ1n) is 12.9. The number of carboxylic acids is 1. The van der Waals surface area contributed by atoms with Crippen LogP contribution in [0.2, 0.25) is 0 Å². The molecule has 0 radical (unpaired) electrons. The molecule has 2 aromatic heterocycles. The summed E-state index contributed by atoms with van der Waals surface area (Å²) in [5.74, 6) is -0.727. The van der Waals surface area contributed by atoms with Crippen LogP contribution in [0.5, 0.6) is 0 Å². The summed E-state index contributed by atoms with van der Waals surface area (Å²) < 4.78 is 31.7. The minimum absolute atomic E-state index is 0.910. The van der Waals surface area contributed by atoms with Gasteiger partial charge in [0.15, 0.2) is 0 Å². The van der Waals surface area contributed by atoms with Gasteiger partial charge < -0.3 is 25.7 Å². The second-order valence-electron chi connectivity index (χ2n) is 9.52. The van der Waals surface area contributed by atoms with Gasteiger partial charge in [0, 0.05) is 59.7 Å². The number of alkyl halides is 3. The molecular formula is C28H29F3N6O2. The quantitative estimate of drug-likeness (QED) is 0.256. The van der Waals surface area contributed by atoms with Gasteiger partial charge in [-0.15, -0.1) is 0 Å². The smallest absolute Gasteiger partial charge is 0.475 e. The van der Waals surface area contributed by atoms with Gasteiger partial charge in [0.05, 0.1) is 0 Å². The van der Waals surface area contributed by atoms with Crippen LogP contribution in [0.3, 0.4) is 0 Å². The Hall–Kier alpha value is -4.28. The predicted molar refractivity (Wildman–Crippen MR) is 146 cm³/mol. The summed E-state index contributed by atoms with van der Waals surface area (Å²) >= 11 is 0. The van der Waals surface area contributed by atoms with Crippen molar-refractivity contribution in [1.29, 1.82) is 0 Å². The molecule has 0 unspecified atom stereocenters. The van der Waals surface area contributed by atoms with Crippen LogP contribution in [-0.4, -0.2) is 65.1 Å². The van der Waals surface area contributed by atoms with E-state index in [1.54, 1.807) is 0 Å². The molecule has 5 N–H and O–H groups in total. The molecule has 2 aliphatic heterocycles. The van der Waals surface area contributed by atoms with Crippen molar-refractivity contribution >= 4 is 39.4 Å². The average Bonchev–Trinajstić information content (AvgIpc) is 3.55. The first-order chi connectivity index (χ1) is 18.8. The SMILES string of the molecule is O=C(O)C(F)(F)F.c1cc2cc(CCc3cc4ccc(C5=NCCCN5)cc4[nH]3)[nH]c2cc1C1=NCCCN1. The van der Waals surface area contributed by atoms with Crippen molar-refractivity contribution in [2.75, 3.05) is 26.2 Å². The van der Waals surface area contributed by atoms with E-state index in [-0.39, 0.29) is 0 Å². The topological polar surface area (TPSA) is 118 Å². The number of aliphatic carboxylic acids is 1. The largest absolute Gasteiger partial charge is 0.490 e. The number of aromatic nitrogens is 2. The minimum Gasteiger partial charge on any atom is -0.475 e. The molecule has 0 saturated carbocycles. The van der Waals surface area contributed by atoms with E-state index in [4.69, 9.17) is 9.90 Å². The molecule has 0 saturated heterocycles. The lowest BCUT2D eigenvalue weighted by atomic mass is 10.1. The van der Waals surface area contributed by atoms with Crippen LogP contribution in [0, 0.1) is 0 Å². The molecule has 204 valence electrons. The van der Waals surface area contributed by atoms with Gasteiger partial charge >= 0.3 is 12.1 Å². The molecule has 0 amide bonds. The highest BCUT2D eigenvalue weighted by molar-refractivity contribution is 6.02. The summed E-state index contributed by atoms with van der Waals surface area (Å²) in [6.07, 6.45) is -0.924. The number of nitrogens with zero attached hydrogens (tertiary/aromatic N) is 2. The van der Waals surface area contributed by atoms with Crippen molar-refractivity contribution in [3.8, 4) is 0 Å². The number of H-pyrrole nitrogens is 2. The number of aryl methyl sites for hydroxylation is 2. The Morgan fingerprint density at radius 1 is 0.769 bits per heavy atom. The van der Waals surface area contributed by atoms with Crippen LogP contribution in [0.15, 0.2) is 58.5 Å². The third-order valence-corrected chi connectivity index (χ3v) is 6.60. The zero-order chi connectivity index (χ0) is 27.4. The molecule has 8 nitrogen and oxygen atoms in total. The van der Waals surface area contributed by atoms with Gasteiger partial charge in [-0.1, -0.05) is 24.3 Å². The van der Waals surface area contributed by atoms with Gasteiger partial charge in [0.25, 0.3) is 0 Å². The van der Waals surface area contributed by atoms with E-state index in [0.717, 1.165) is 74.7 Å². The van der Waals surface area contributed by atoms with E-state index < -0.39 is 12.1 Å². The molecule has 0 fully saturated rings. The molecule has 2 aliphatic rings. The number of rotatable bonds is 5. The van der Waals surface area contributed by atoms with E-state index in [2.05, 4.69) is 79.1 Å². The number of halogens is 3. The van der Waals surface area contributed by atoms with Crippen molar-refractivity contribution in [2.24, 2.45) is 9.98 Å². The summed E-state index contributed by atoms with van der Waals surface area (Å²) in [5, 5.41) is 16.5. The summed E-state index contributed by atoms with van der Waals surface area (Å²) in [5.41, 5.74) is 7.19. The Kier molecular flexibility index (Phi) is 7.58. The van der Waals surface area contributed by atoms with Crippen LogP contribution >= 0.6 is 0 Å². The maximum atomic E-state index is 10.6. The van der Waals surface area contributed by atoms with E-state index in [0.29, 0.717) is 0 Å². The second kappa shape index (κ2) is 11.2. The number of carbonyl (C=O) groups is 1. The van der Waals surface area contributed by atoms with E-state index in [1.807, 2.05) is 0 Å². The Morgan fingerprint density at radius 3 is 1.56 bits per heavy atom. The third-order valence-electron chi connectivity index (χ3n) is 6.60. The number of carboxylic acid groups (broad SMARTS) is 1. The predicted octanol–water partition coefficient (Wildman–Crippen LogP) is 4.55. The fourth-order valence-electron chi connectivity index (χ4n) is 4.66. The van der Waals surface area contributed by atoms with Crippen molar-refractivity contribution in [1.82, 2.24) is 20.6 Å². The Bertz CT molecular complexity index is 1450. The zero-order valence-electron chi connectivity index (χ0n) is 21.2. The van der Waals surface area contributed by atoms with E-state index in [1.165, 1.54) is 33.2 Å². The zero-order valence-corrected chi connectivity index (χ0v) is 21.2. The number of hydrogen-bond acceptors (Lipinski definition) is 5. The lowest BCUT2D eigenvalue weighted by molar-refractivity contribution is -0.192. The highest BCUT2D eigenvalue weighted by Gasteiger charge is 2.38. The molecule has 0 spiro atoms. The first-order valence-corrected chi connectivity index (χ1v) is 12.9. The summed E-state index contributed by atoms with van der Waals surface area (Å²) in [6, 6.07) is 17.7. The molecule has 39 heavy (non-hydrogen) atoms. The summed E-state index contributed by atoms with van der Waals surface area (Å²) in [4.78, 5) is 25.4. The normalized spacial score (nSPS) is 15.6. The number of aromatic amines is 2. The van der Waals surface area contributed by atoms with Crippen LogP contribution < -0.4 is 10.6 Å². The van der Waals surface area contributed by atoms with E-state index >= 15 is 0 Å². The standard InChI is InChI=1S/C26H28N6.C2HF3O2/c1-9-27-25(28-10-1)19-5-3-17-13-21(31-23(17)15-19)7-8-22-14-18-4-6-20(16-24(18)32-22)26-29-11-2-12-30-26;3-2(4,5)1(6)7/h3-6,13-16,31-32H,1-2,7-12H2,(H,27,28)(H,29,30);(H,6,7). The van der Waals surface area contributed by atoms with Gasteiger partial charge in [0.1, 0.15) is 11.7 Å². The Labute approximate surface area is 222 Å². The maximum absolute atomic E-state index is 10.6. The van der Waals surface area contributed by atoms with Gasteiger partial charge in [-0.05, 0) is 60.7 Å². The van der Waals surface area contributed by atoms with Crippen molar-refractivity contribution < 1.29 is 23.1 Å². The van der Waals surface area contributed by atoms with Gasteiger partial charge in [0.2, 0.25) is 0 Å². The fourth-order valence-corrected chi connectivity index (χ4v) is 4.66. The molecule has 4 heterocycles. The summed E-state index contributed by atoms with van der Waals surface area (Å²) in [7, 11) is 0. The van der Waals surface area contributed by atoms with Crippen molar-refractivity contribution in [3.05, 3.63) is 71.0 Å². The number of fused-ring (bicyclic) bond motifs is 2. The van der Waals surface area contributed by atoms with Crippen molar-refractivity contribution in [2.45, 2.75) is 31.9 Å². The number of nitrogens with one attached hydrogen (secondary N) is 4. The average molecular weight is 539 g/mol. The number of aliphatic imine (C=N–C) groups is 2. The number of benzene rings is 2. The molecule has 0 atom stereocenters. The fraction of sp³-hybridized carbons (Fsp3) is 0.321. The second-order valence-corrected chi connectivity index (χ2v) is 9.52. The Balaban J connectivity index is 0.000000392. The lowest BCUT2D eigenvalue weighted by Crippen LogP contribution is -2.30. The summed E-state index contributed by atoms with van der Waals surface area (Å²) in [6.45, 7) is 3.83. The van der Waals surface area contributed by atoms with Crippen LogP contribution in [-0.2, 0) is 17.6 Å².